The molecule has 1 nitrogen and oxygen atoms in total. The monoisotopic (exact) mass is 181 g/mol. The Morgan fingerprint density at radius 3 is 2.62 bits per heavy atom. The summed E-state index contributed by atoms with van der Waals surface area (Å²) in [5.41, 5.74) is 7.67. The van der Waals surface area contributed by atoms with Gasteiger partial charge in [0.15, 0.2) is 0 Å². The maximum atomic E-state index is 13.1. The topological polar surface area (TPSA) is 26.0 Å². The Balaban J connectivity index is 2.86. The van der Waals surface area contributed by atoms with Crippen LogP contribution in [-0.4, -0.2) is 0 Å². The maximum absolute atomic E-state index is 13.1. The van der Waals surface area contributed by atoms with Gasteiger partial charge in [0.1, 0.15) is 5.82 Å². The second-order valence-corrected chi connectivity index (χ2v) is 3.41. The van der Waals surface area contributed by atoms with Gasteiger partial charge in [-0.25, -0.2) is 4.39 Å². The van der Waals surface area contributed by atoms with Crippen LogP contribution in [0.1, 0.15) is 30.9 Å². The van der Waals surface area contributed by atoms with E-state index in [2.05, 4.69) is 6.92 Å². The Bertz CT molecular complexity index is 271. The van der Waals surface area contributed by atoms with Crippen molar-refractivity contribution in [2.45, 2.75) is 33.1 Å². The van der Waals surface area contributed by atoms with Crippen molar-refractivity contribution in [1.82, 2.24) is 0 Å². The summed E-state index contributed by atoms with van der Waals surface area (Å²) in [6.45, 7) is 3.97. The Morgan fingerprint density at radius 2 is 2.08 bits per heavy atom. The van der Waals surface area contributed by atoms with Gasteiger partial charge in [-0.2, -0.15) is 0 Å². The number of halogens is 1. The van der Waals surface area contributed by atoms with Gasteiger partial charge in [-0.1, -0.05) is 19.4 Å². The van der Waals surface area contributed by atoms with E-state index in [1.807, 2.05) is 13.0 Å². The number of nitrogen functional groups attached to an aromatic ring is 1. The van der Waals surface area contributed by atoms with E-state index in [-0.39, 0.29) is 11.5 Å². The third-order valence-corrected chi connectivity index (χ3v) is 2.22. The van der Waals surface area contributed by atoms with Crippen molar-refractivity contribution in [1.29, 1.82) is 0 Å². The van der Waals surface area contributed by atoms with Gasteiger partial charge in [-0.05, 0) is 37.0 Å². The lowest BCUT2D eigenvalue weighted by Crippen LogP contribution is -1.97. The number of anilines is 1. The van der Waals surface area contributed by atoms with Gasteiger partial charge in [0.25, 0.3) is 0 Å². The summed E-state index contributed by atoms with van der Waals surface area (Å²) < 4.78 is 13.1. The molecule has 0 radical (unpaired) electrons. The molecule has 1 aromatic rings. The molecule has 0 saturated carbocycles. The van der Waals surface area contributed by atoms with Crippen LogP contribution in [-0.2, 0) is 6.42 Å². The number of unbranched alkanes of at least 4 members (excludes halogenated alkanes) is 1. The Morgan fingerprint density at radius 1 is 1.38 bits per heavy atom. The lowest BCUT2D eigenvalue weighted by Gasteiger charge is -2.05. The minimum atomic E-state index is -0.286. The average Bonchev–Trinajstić information content (AvgIpc) is 2.10. The number of hydrogen-bond acceptors (Lipinski definition) is 1. The zero-order valence-electron chi connectivity index (χ0n) is 8.23. The first kappa shape index (κ1) is 10.0. The van der Waals surface area contributed by atoms with Gasteiger partial charge in [-0.3, -0.25) is 0 Å². The van der Waals surface area contributed by atoms with Gasteiger partial charge in [0.05, 0.1) is 5.69 Å². The van der Waals surface area contributed by atoms with Crippen molar-refractivity contribution in [3.05, 3.63) is 29.1 Å². The third-order valence-electron chi connectivity index (χ3n) is 2.22. The number of rotatable bonds is 3. The quantitative estimate of drug-likeness (QED) is 0.712. The van der Waals surface area contributed by atoms with Crippen LogP contribution < -0.4 is 5.73 Å². The van der Waals surface area contributed by atoms with Crippen LogP contribution in [0.25, 0.3) is 0 Å². The van der Waals surface area contributed by atoms with Crippen LogP contribution >= 0.6 is 0 Å². The molecule has 0 amide bonds. The zero-order valence-corrected chi connectivity index (χ0v) is 8.23. The molecule has 0 bridgehead atoms. The standard InChI is InChI=1S/C11H16FN/c1-3-4-5-9-6-8(2)11(13)10(12)7-9/h6-7H,3-5,13H2,1-2H3. The maximum Gasteiger partial charge on any atom is 0.146 e. The molecule has 72 valence electrons. The number of nitrogens with two attached hydrogens (primary N) is 1. The number of benzene rings is 1. The van der Waals surface area contributed by atoms with Crippen molar-refractivity contribution in [3.63, 3.8) is 0 Å². The van der Waals surface area contributed by atoms with Crippen molar-refractivity contribution in [2.24, 2.45) is 0 Å². The van der Waals surface area contributed by atoms with Gasteiger partial charge >= 0.3 is 0 Å². The predicted molar refractivity (Wildman–Crippen MR) is 54.2 cm³/mol. The van der Waals surface area contributed by atoms with E-state index in [1.165, 1.54) is 6.07 Å². The summed E-state index contributed by atoms with van der Waals surface area (Å²) in [7, 11) is 0. The second-order valence-electron chi connectivity index (χ2n) is 3.41. The van der Waals surface area contributed by atoms with E-state index in [9.17, 15) is 4.39 Å². The fourth-order valence-corrected chi connectivity index (χ4v) is 1.35. The van der Waals surface area contributed by atoms with Crippen LogP contribution in [0.15, 0.2) is 12.1 Å². The molecule has 13 heavy (non-hydrogen) atoms. The Labute approximate surface area is 78.8 Å². The summed E-state index contributed by atoms with van der Waals surface area (Å²) in [4.78, 5) is 0. The molecule has 1 rings (SSSR count). The summed E-state index contributed by atoms with van der Waals surface area (Å²) in [6.07, 6.45) is 3.17. The lowest BCUT2D eigenvalue weighted by atomic mass is 10.0. The van der Waals surface area contributed by atoms with Crippen LogP contribution in [0.4, 0.5) is 10.1 Å². The van der Waals surface area contributed by atoms with Crippen LogP contribution in [0, 0.1) is 12.7 Å². The molecule has 2 N–H and O–H groups in total. The Kier molecular flexibility index (Phi) is 3.29. The van der Waals surface area contributed by atoms with Crippen molar-refractivity contribution >= 4 is 5.69 Å². The largest absolute Gasteiger partial charge is 0.396 e. The van der Waals surface area contributed by atoms with Gasteiger partial charge in [-0.15, -0.1) is 0 Å². The third kappa shape index (κ3) is 2.44. The molecule has 1 aromatic carbocycles. The normalized spacial score (nSPS) is 10.4. The van der Waals surface area contributed by atoms with E-state index in [1.54, 1.807) is 0 Å². The van der Waals surface area contributed by atoms with Crippen LogP contribution in [0.5, 0.6) is 0 Å². The van der Waals surface area contributed by atoms with Gasteiger partial charge < -0.3 is 5.73 Å². The first-order valence-electron chi connectivity index (χ1n) is 4.69. The zero-order chi connectivity index (χ0) is 9.84. The Hall–Kier alpha value is -1.05. The van der Waals surface area contributed by atoms with Gasteiger partial charge in [0.2, 0.25) is 0 Å². The molecular weight excluding hydrogens is 165 g/mol. The second kappa shape index (κ2) is 4.26. The van der Waals surface area contributed by atoms with Crippen molar-refractivity contribution < 1.29 is 4.39 Å². The molecule has 0 aliphatic rings. The highest BCUT2D eigenvalue weighted by Gasteiger charge is 2.03. The van der Waals surface area contributed by atoms with E-state index in [0.717, 1.165) is 30.4 Å². The SMILES string of the molecule is CCCCc1cc(C)c(N)c(F)c1. The summed E-state index contributed by atoms with van der Waals surface area (Å²) >= 11 is 0. The molecule has 2 heteroatoms. The first-order chi connectivity index (χ1) is 6.15. The molecule has 0 aliphatic carbocycles. The summed E-state index contributed by atoms with van der Waals surface area (Å²) in [6, 6.07) is 3.51. The molecular formula is C11H16FN. The van der Waals surface area contributed by atoms with Crippen molar-refractivity contribution in [3.8, 4) is 0 Å². The molecule has 0 atom stereocenters. The highest BCUT2D eigenvalue weighted by Crippen LogP contribution is 2.18. The lowest BCUT2D eigenvalue weighted by molar-refractivity contribution is 0.627. The minimum absolute atomic E-state index is 0.278. The fourth-order valence-electron chi connectivity index (χ4n) is 1.35. The van der Waals surface area contributed by atoms with Gasteiger partial charge in [0, 0.05) is 0 Å². The molecule has 0 aliphatic heterocycles. The molecule has 0 fully saturated rings. The minimum Gasteiger partial charge on any atom is -0.396 e. The highest BCUT2D eigenvalue weighted by molar-refractivity contribution is 5.49. The van der Waals surface area contributed by atoms with Crippen molar-refractivity contribution in [2.75, 3.05) is 5.73 Å². The fraction of sp³-hybridized carbons (Fsp3) is 0.455. The molecule has 0 unspecified atom stereocenters. The van der Waals surface area contributed by atoms with Crippen LogP contribution in [0.2, 0.25) is 0 Å². The number of aryl methyl sites for hydroxylation is 2. The average molecular weight is 181 g/mol. The predicted octanol–water partition coefficient (Wildman–Crippen LogP) is 3.06. The molecule has 0 aromatic heterocycles. The van der Waals surface area contributed by atoms with Crippen LogP contribution in [0.3, 0.4) is 0 Å². The summed E-state index contributed by atoms with van der Waals surface area (Å²) in [5.74, 6) is -0.286. The van der Waals surface area contributed by atoms with E-state index in [4.69, 9.17) is 5.73 Å². The van der Waals surface area contributed by atoms with E-state index >= 15 is 0 Å². The van der Waals surface area contributed by atoms with E-state index in [0.29, 0.717) is 0 Å². The first-order valence-corrected chi connectivity index (χ1v) is 4.69. The molecule has 0 heterocycles. The molecule has 0 saturated heterocycles. The smallest absolute Gasteiger partial charge is 0.146 e. The highest BCUT2D eigenvalue weighted by atomic mass is 19.1. The molecule has 0 spiro atoms. The number of hydrogen-bond donors (Lipinski definition) is 1. The summed E-state index contributed by atoms with van der Waals surface area (Å²) in [5, 5.41) is 0. The van der Waals surface area contributed by atoms with E-state index < -0.39 is 0 Å².